The lowest BCUT2D eigenvalue weighted by Gasteiger charge is -2.12. The lowest BCUT2D eigenvalue weighted by atomic mass is 10.1. The molecular formula is C18H22FN3O. The second kappa shape index (κ2) is 8.27. The van der Waals surface area contributed by atoms with Crippen LogP contribution >= 0.6 is 0 Å². The maximum Gasteiger partial charge on any atom is 0.270 e. The number of hydrogen-bond donors (Lipinski definition) is 2. The number of hydrogen-bond acceptors (Lipinski definition) is 3. The first kappa shape index (κ1) is 16.9. The molecule has 2 rings (SSSR count). The molecule has 1 atom stereocenters. The number of anilines is 1. The minimum Gasteiger partial charge on any atom is -0.385 e. The van der Waals surface area contributed by atoms with E-state index in [-0.39, 0.29) is 17.8 Å². The highest BCUT2D eigenvalue weighted by Gasteiger charge is 2.10. The molecule has 4 nitrogen and oxygen atoms in total. The van der Waals surface area contributed by atoms with Crippen LogP contribution in [0.2, 0.25) is 0 Å². The lowest BCUT2D eigenvalue weighted by molar-refractivity contribution is 0.0934. The maximum absolute atomic E-state index is 12.8. The maximum atomic E-state index is 12.8. The van der Waals surface area contributed by atoms with Gasteiger partial charge in [-0.1, -0.05) is 19.1 Å². The number of amides is 1. The summed E-state index contributed by atoms with van der Waals surface area (Å²) in [6.07, 6.45) is 3.27. The van der Waals surface area contributed by atoms with E-state index in [4.69, 9.17) is 0 Å². The van der Waals surface area contributed by atoms with Crippen molar-refractivity contribution in [1.29, 1.82) is 0 Å². The number of benzene rings is 1. The van der Waals surface area contributed by atoms with E-state index in [0.717, 1.165) is 24.1 Å². The molecule has 0 saturated heterocycles. The first-order valence-corrected chi connectivity index (χ1v) is 7.83. The Morgan fingerprint density at radius 2 is 2.00 bits per heavy atom. The zero-order valence-corrected chi connectivity index (χ0v) is 13.5. The van der Waals surface area contributed by atoms with Crippen molar-refractivity contribution in [2.45, 2.75) is 32.7 Å². The molecule has 5 heteroatoms. The first-order valence-electron chi connectivity index (χ1n) is 7.83. The zero-order valence-electron chi connectivity index (χ0n) is 13.5. The highest BCUT2D eigenvalue weighted by molar-refractivity contribution is 5.93. The molecule has 1 amide bonds. The molecule has 0 aliphatic heterocycles. The summed E-state index contributed by atoms with van der Waals surface area (Å²) in [6, 6.07) is 10.1. The molecule has 1 unspecified atom stereocenters. The predicted octanol–water partition coefficient (Wildman–Crippen LogP) is 3.40. The van der Waals surface area contributed by atoms with Crippen molar-refractivity contribution < 1.29 is 9.18 Å². The van der Waals surface area contributed by atoms with Gasteiger partial charge in [0.25, 0.3) is 5.91 Å². The number of aromatic nitrogens is 1. The molecule has 1 heterocycles. The Bertz CT molecular complexity index is 643. The van der Waals surface area contributed by atoms with Crippen LogP contribution in [0.3, 0.4) is 0 Å². The number of carbonyl (C=O) groups excluding carboxylic acids is 1. The molecule has 0 aliphatic rings. The molecule has 2 N–H and O–H groups in total. The summed E-state index contributed by atoms with van der Waals surface area (Å²) in [4.78, 5) is 16.2. The first-order chi connectivity index (χ1) is 11.1. The van der Waals surface area contributed by atoms with Gasteiger partial charge in [0.2, 0.25) is 0 Å². The van der Waals surface area contributed by atoms with E-state index in [0.29, 0.717) is 12.2 Å². The second-order valence-electron chi connectivity index (χ2n) is 5.52. The number of nitrogens with one attached hydrogen (secondary N) is 2. The Balaban J connectivity index is 1.89. The van der Waals surface area contributed by atoms with Crippen molar-refractivity contribution in [2.24, 2.45) is 0 Å². The molecule has 1 aromatic heterocycles. The SMILES string of the molecule is CCC(C)NC(=O)c1cc(NCCc2ccc(F)cc2)ccn1. The van der Waals surface area contributed by atoms with E-state index >= 15 is 0 Å². The van der Waals surface area contributed by atoms with Crippen molar-refractivity contribution in [3.63, 3.8) is 0 Å². The standard InChI is InChI=1S/C18H22FN3O/c1-3-13(2)22-18(23)17-12-16(9-11-21-17)20-10-8-14-4-6-15(19)7-5-14/h4-7,9,11-13H,3,8,10H2,1-2H3,(H,20,21)(H,22,23). The summed E-state index contributed by atoms with van der Waals surface area (Å²) in [6.45, 7) is 4.68. The fourth-order valence-electron chi connectivity index (χ4n) is 2.07. The molecule has 0 fully saturated rings. The molecule has 0 spiro atoms. The molecule has 0 bridgehead atoms. The quantitative estimate of drug-likeness (QED) is 0.823. The number of carbonyl (C=O) groups is 1. The highest BCUT2D eigenvalue weighted by Crippen LogP contribution is 2.09. The minimum absolute atomic E-state index is 0.124. The van der Waals surface area contributed by atoms with Gasteiger partial charge >= 0.3 is 0 Å². The monoisotopic (exact) mass is 315 g/mol. The Hall–Kier alpha value is -2.43. The third kappa shape index (κ3) is 5.36. The fraction of sp³-hybridized carbons (Fsp3) is 0.333. The van der Waals surface area contributed by atoms with E-state index in [1.165, 1.54) is 12.1 Å². The summed E-state index contributed by atoms with van der Waals surface area (Å²) < 4.78 is 12.8. The number of nitrogens with zero attached hydrogens (tertiary/aromatic N) is 1. The Morgan fingerprint density at radius 3 is 2.70 bits per heavy atom. The van der Waals surface area contributed by atoms with Gasteiger partial charge in [-0.2, -0.15) is 0 Å². The van der Waals surface area contributed by atoms with Gasteiger partial charge in [0.05, 0.1) is 0 Å². The third-order valence-electron chi connectivity index (χ3n) is 3.64. The molecule has 0 radical (unpaired) electrons. The summed E-state index contributed by atoms with van der Waals surface area (Å²) >= 11 is 0. The third-order valence-corrected chi connectivity index (χ3v) is 3.64. The molecule has 0 saturated carbocycles. The van der Waals surface area contributed by atoms with Crippen LogP contribution in [-0.2, 0) is 6.42 Å². The minimum atomic E-state index is -0.229. The van der Waals surface area contributed by atoms with Crippen LogP contribution in [0.1, 0.15) is 36.3 Å². The normalized spacial score (nSPS) is 11.8. The van der Waals surface area contributed by atoms with Gasteiger partial charge in [-0.25, -0.2) is 4.39 Å². The van der Waals surface area contributed by atoms with Crippen LogP contribution in [0.5, 0.6) is 0 Å². The van der Waals surface area contributed by atoms with Crippen LogP contribution in [-0.4, -0.2) is 23.5 Å². The van der Waals surface area contributed by atoms with E-state index in [9.17, 15) is 9.18 Å². The molecule has 122 valence electrons. The van der Waals surface area contributed by atoms with E-state index in [1.54, 1.807) is 24.4 Å². The van der Waals surface area contributed by atoms with Gasteiger partial charge in [0, 0.05) is 24.5 Å². The zero-order chi connectivity index (χ0) is 16.7. The summed E-state index contributed by atoms with van der Waals surface area (Å²) in [7, 11) is 0. The van der Waals surface area contributed by atoms with Crippen molar-refractivity contribution in [1.82, 2.24) is 10.3 Å². The van der Waals surface area contributed by atoms with Crippen molar-refractivity contribution in [3.8, 4) is 0 Å². The van der Waals surface area contributed by atoms with Gasteiger partial charge in [0.15, 0.2) is 0 Å². The van der Waals surface area contributed by atoms with Crippen molar-refractivity contribution in [3.05, 3.63) is 59.7 Å². The van der Waals surface area contributed by atoms with Crippen LogP contribution < -0.4 is 10.6 Å². The molecule has 1 aromatic carbocycles. The van der Waals surface area contributed by atoms with E-state index in [1.807, 2.05) is 19.9 Å². The largest absolute Gasteiger partial charge is 0.385 e. The van der Waals surface area contributed by atoms with E-state index < -0.39 is 0 Å². The van der Waals surface area contributed by atoms with Crippen LogP contribution in [0.15, 0.2) is 42.6 Å². The lowest BCUT2D eigenvalue weighted by Crippen LogP contribution is -2.32. The topological polar surface area (TPSA) is 54.0 Å². The van der Waals surface area contributed by atoms with Gasteiger partial charge in [-0.3, -0.25) is 9.78 Å². The van der Waals surface area contributed by atoms with Crippen molar-refractivity contribution >= 4 is 11.6 Å². The number of pyridine rings is 1. The Kier molecular flexibility index (Phi) is 6.09. The molecule has 0 aliphatic carbocycles. The summed E-state index contributed by atoms with van der Waals surface area (Å²) in [5, 5.41) is 6.15. The smallest absolute Gasteiger partial charge is 0.270 e. The second-order valence-corrected chi connectivity index (χ2v) is 5.52. The average molecular weight is 315 g/mol. The van der Waals surface area contributed by atoms with Gasteiger partial charge in [0.1, 0.15) is 11.5 Å². The van der Waals surface area contributed by atoms with Gasteiger partial charge < -0.3 is 10.6 Å². The number of rotatable bonds is 7. The van der Waals surface area contributed by atoms with Crippen LogP contribution in [0, 0.1) is 5.82 Å². The summed E-state index contributed by atoms with van der Waals surface area (Å²) in [5.74, 6) is -0.394. The Morgan fingerprint density at radius 1 is 1.26 bits per heavy atom. The summed E-state index contributed by atoms with van der Waals surface area (Å²) in [5.41, 5.74) is 2.30. The van der Waals surface area contributed by atoms with Crippen molar-refractivity contribution in [2.75, 3.05) is 11.9 Å². The van der Waals surface area contributed by atoms with E-state index in [2.05, 4.69) is 15.6 Å². The average Bonchev–Trinajstić information content (AvgIpc) is 2.57. The van der Waals surface area contributed by atoms with Crippen LogP contribution in [0.25, 0.3) is 0 Å². The predicted molar refractivity (Wildman–Crippen MR) is 90.0 cm³/mol. The van der Waals surface area contributed by atoms with Gasteiger partial charge in [-0.15, -0.1) is 0 Å². The van der Waals surface area contributed by atoms with Gasteiger partial charge in [-0.05, 0) is 49.6 Å². The Labute approximate surface area is 136 Å². The number of halogens is 1. The van der Waals surface area contributed by atoms with Crippen LogP contribution in [0.4, 0.5) is 10.1 Å². The fourth-order valence-corrected chi connectivity index (χ4v) is 2.07. The highest BCUT2D eigenvalue weighted by atomic mass is 19.1. The molecule has 23 heavy (non-hydrogen) atoms. The molecule has 2 aromatic rings. The molecular weight excluding hydrogens is 293 g/mol.